The third-order valence-electron chi connectivity index (χ3n) is 6.91. The van der Waals surface area contributed by atoms with Crippen LogP contribution in [-0.4, -0.2) is 11.1 Å². The standard InChI is InChI=1S/C24H34O3/c1-3-24(26)27-16-23-14-21(12-13-22(23)15-25)20-10-8-19(9-11-20)18-6-4-17(2)5-7-18/h3,12-14,17-20,25H,1,4-11,15-16H2,2H3. The van der Waals surface area contributed by atoms with Gasteiger partial charge in [-0.2, -0.15) is 0 Å². The van der Waals surface area contributed by atoms with Crippen molar-refractivity contribution in [2.75, 3.05) is 0 Å². The van der Waals surface area contributed by atoms with Crippen molar-refractivity contribution in [1.82, 2.24) is 0 Å². The summed E-state index contributed by atoms with van der Waals surface area (Å²) >= 11 is 0. The summed E-state index contributed by atoms with van der Waals surface area (Å²) in [6.07, 6.45) is 12.1. The Balaban J connectivity index is 1.60. The van der Waals surface area contributed by atoms with Crippen molar-refractivity contribution in [3.63, 3.8) is 0 Å². The molecule has 2 aliphatic carbocycles. The first kappa shape index (κ1) is 20.1. The third-order valence-corrected chi connectivity index (χ3v) is 6.91. The van der Waals surface area contributed by atoms with Crippen LogP contribution < -0.4 is 0 Å². The van der Waals surface area contributed by atoms with Crippen LogP contribution in [0.25, 0.3) is 0 Å². The largest absolute Gasteiger partial charge is 0.458 e. The summed E-state index contributed by atoms with van der Waals surface area (Å²) in [4.78, 5) is 11.4. The Morgan fingerprint density at radius 1 is 1.07 bits per heavy atom. The molecule has 0 aromatic heterocycles. The summed E-state index contributed by atoms with van der Waals surface area (Å²) in [5.74, 6) is 2.96. The number of aliphatic hydroxyl groups is 1. The summed E-state index contributed by atoms with van der Waals surface area (Å²) in [6.45, 7) is 5.99. The Kier molecular flexibility index (Phi) is 7.12. The summed E-state index contributed by atoms with van der Waals surface area (Å²) in [6, 6.07) is 6.27. The minimum atomic E-state index is -0.424. The van der Waals surface area contributed by atoms with Gasteiger partial charge in [-0.25, -0.2) is 4.79 Å². The van der Waals surface area contributed by atoms with Gasteiger partial charge < -0.3 is 9.84 Å². The maximum absolute atomic E-state index is 11.4. The molecule has 0 radical (unpaired) electrons. The summed E-state index contributed by atoms with van der Waals surface area (Å²) < 4.78 is 5.20. The topological polar surface area (TPSA) is 46.5 Å². The predicted octanol–water partition coefficient (Wildman–Crippen LogP) is 5.51. The Labute approximate surface area is 163 Å². The highest BCUT2D eigenvalue weighted by Crippen LogP contribution is 2.44. The van der Waals surface area contributed by atoms with E-state index in [0.29, 0.717) is 5.92 Å². The molecule has 2 aliphatic rings. The van der Waals surface area contributed by atoms with Gasteiger partial charge in [0.1, 0.15) is 6.61 Å². The molecule has 0 aliphatic heterocycles. The normalized spacial score (nSPS) is 28.5. The number of esters is 1. The molecule has 3 heteroatoms. The number of carbonyl (C=O) groups excluding carboxylic acids is 1. The highest BCUT2D eigenvalue weighted by molar-refractivity contribution is 5.81. The van der Waals surface area contributed by atoms with Gasteiger partial charge in [0.05, 0.1) is 6.61 Å². The molecule has 0 unspecified atom stereocenters. The van der Waals surface area contributed by atoms with E-state index in [1.54, 1.807) is 0 Å². The van der Waals surface area contributed by atoms with Crippen LogP contribution >= 0.6 is 0 Å². The molecule has 0 saturated heterocycles. The summed E-state index contributed by atoms with van der Waals surface area (Å²) in [5.41, 5.74) is 3.07. The number of benzene rings is 1. The number of ether oxygens (including phenoxy) is 1. The lowest BCUT2D eigenvalue weighted by molar-refractivity contribution is -0.139. The zero-order chi connectivity index (χ0) is 19.2. The summed E-state index contributed by atoms with van der Waals surface area (Å²) in [7, 11) is 0. The van der Waals surface area contributed by atoms with Gasteiger partial charge >= 0.3 is 5.97 Å². The smallest absolute Gasteiger partial charge is 0.330 e. The van der Waals surface area contributed by atoms with Crippen molar-refractivity contribution in [3.05, 3.63) is 47.5 Å². The quantitative estimate of drug-likeness (QED) is 0.530. The van der Waals surface area contributed by atoms with Gasteiger partial charge in [-0.05, 0) is 78.9 Å². The second-order valence-corrected chi connectivity index (χ2v) is 8.63. The van der Waals surface area contributed by atoms with Crippen LogP contribution in [0.4, 0.5) is 0 Å². The fourth-order valence-corrected chi connectivity index (χ4v) is 5.08. The van der Waals surface area contributed by atoms with E-state index in [0.717, 1.165) is 28.9 Å². The Morgan fingerprint density at radius 2 is 1.70 bits per heavy atom. The minimum Gasteiger partial charge on any atom is -0.458 e. The lowest BCUT2D eigenvalue weighted by Crippen LogP contribution is -2.24. The zero-order valence-electron chi connectivity index (χ0n) is 16.7. The van der Waals surface area contributed by atoms with E-state index in [9.17, 15) is 9.90 Å². The third kappa shape index (κ3) is 5.22. The second-order valence-electron chi connectivity index (χ2n) is 8.63. The number of hydrogen-bond donors (Lipinski definition) is 1. The molecule has 0 bridgehead atoms. The van der Waals surface area contributed by atoms with Crippen LogP contribution in [0.3, 0.4) is 0 Å². The first-order valence-corrected chi connectivity index (χ1v) is 10.6. The van der Waals surface area contributed by atoms with E-state index >= 15 is 0 Å². The number of aliphatic hydroxyl groups excluding tert-OH is 1. The molecular formula is C24H34O3. The van der Waals surface area contributed by atoms with E-state index in [2.05, 4.69) is 25.6 Å². The molecule has 1 aromatic carbocycles. The van der Waals surface area contributed by atoms with Crippen molar-refractivity contribution < 1.29 is 14.6 Å². The fourth-order valence-electron chi connectivity index (χ4n) is 5.08. The molecule has 0 amide bonds. The van der Waals surface area contributed by atoms with Crippen LogP contribution in [-0.2, 0) is 22.7 Å². The molecule has 0 atom stereocenters. The van der Waals surface area contributed by atoms with Gasteiger partial charge in [-0.3, -0.25) is 0 Å². The van der Waals surface area contributed by atoms with Gasteiger partial charge in [-0.15, -0.1) is 0 Å². The Morgan fingerprint density at radius 3 is 2.30 bits per heavy atom. The maximum atomic E-state index is 11.4. The lowest BCUT2D eigenvalue weighted by atomic mass is 9.68. The first-order chi connectivity index (χ1) is 13.1. The first-order valence-electron chi connectivity index (χ1n) is 10.6. The molecule has 0 spiro atoms. The van der Waals surface area contributed by atoms with Crippen LogP contribution in [0.2, 0.25) is 0 Å². The SMILES string of the molecule is C=CC(=O)OCc1cc(C2CCC(C3CCC(C)CC3)CC2)ccc1CO. The average Bonchev–Trinajstić information content (AvgIpc) is 2.72. The minimum absolute atomic E-state index is 0.0336. The molecule has 0 heterocycles. The van der Waals surface area contributed by atoms with E-state index in [4.69, 9.17) is 4.74 Å². The van der Waals surface area contributed by atoms with Gasteiger partial charge in [0.2, 0.25) is 0 Å². The van der Waals surface area contributed by atoms with Crippen molar-refractivity contribution in [2.45, 2.75) is 77.4 Å². The number of carbonyl (C=O) groups is 1. The van der Waals surface area contributed by atoms with E-state index in [1.807, 2.05) is 6.07 Å². The van der Waals surface area contributed by atoms with Crippen LogP contribution in [0.1, 0.15) is 80.9 Å². The molecule has 3 rings (SSSR count). The predicted molar refractivity (Wildman–Crippen MR) is 108 cm³/mol. The second kappa shape index (κ2) is 9.54. The van der Waals surface area contributed by atoms with Crippen molar-refractivity contribution in [3.8, 4) is 0 Å². The molecule has 1 aromatic rings. The van der Waals surface area contributed by atoms with Crippen LogP contribution in [0.15, 0.2) is 30.9 Å². The molecule has 2 fully saturated rings. The average molecular weight is 371 g/mol. The molecule has 2 saturated carbocycles. The fraction of sp³-hybridized carbons (Fsp3) is 0.625. The van der Waals surface area contributed by atoms with Gasteiger partial charge in [0, 0.05) is 6.08 Å². The Hall–Kier alpha value is -1.61. The van der Waals surface area contributed by atoms with Gasteiger partial charge in [-0.1, -0.05) is 44.5 Å². The van der Waals surface area contributed by atoms with E-state index in [-0.39, 0.29) is 13.2 Å². The number of hydrogen-bond acceptors (Lipinski definition) is 3. The van der Waals surface area contributed by atoms with Crippen LogP contribution in [0.5, 0.6) is 0 Å². The molecular weight excluding hydrogens is 336 g/mol. The zero-order valence-corrected chi connectivity index (χ0v) is 16.7. The van der Waals surface area contributed by atoms with Crippen molar-refractivity contribution in [2.24, 2.45) is 17.8 Å². The van der Waals surface area contributed by atoms with Crippen LogP contribution in [0, 0.1) is 17.8 Å². The van der Waals surface area contributed by atoms with Gasteiger partial charge in [0.15, 0.2) is 0 Å². The Bertz CT molecular complexity index is 635. The number of rotatable bonds is 6. The molecule has 3 nitrogen and oxygen atoms in total. The van der Waals surface area contributed by atoms with E-state index < -0.39 is 5.97 Å². The monoisotopic (exact) mass is 370 g/mol. The van der Waals surface area contributed by atoms with Crippen molar-refractivity contribution >= 4 is 5.97 Å². The highest BCUT2D eigenvalue weighted by Gasteiger charge is 2.30. The molecule has 1 N–H and O–H groups in total. The van der Waals surface area contributed by atoms with Crippen molar-refractivity contribution in [1.29, 1.82) is 0 Å². The summed E-state index contributed by atoms with van der Waals surface area (Å²) in [5, 5.41) is 9.58. The van der Waals surface area contributed by atoms with E-state index in [1.165, 1.54) is 63.0 Å². The lowest BCUT2D eigenvalue weighted by Gasteiger charge is -2.37. The van der Waals surface area contributed by atoms with Gasteiger partial charge in [0.25, 0.3) is 0 Å². The molecule has 27 heavy (non-hydrogen) atoms. The maximum Gasteiger partial charge on any atom is 0.330 e. The molecule has 148 valence electrons. The highest BCUT2D eigenvalue weighted by atomic mass is 16.5.